The van der Waals surface area contributed by atoms with Gasteiger partial charge in [0.25, 0.3) is 0 Å². The highest BCUT2D eigenvalue weighted by Gasteiger charge is 2.27. The summed E-state index contributed by atoms with van der Waals surface area (Å²) in [4.78, 5) is 0. The molecule has 100 valence electrons. The number of H-pyrrole nitrogens is 1. The Morgan fingerprint density at radius 1 is 1.32 bits per heavy atom. The van der Waals surface area contributed by atoms with Crippen LogP contribution < -0.4 is 9.47 Å². The number of nitrogens with one attached hydrogen (secondary N) is 1. The number of rotatable bonds is 5. The topological polar surface area (TPSA) is 52.1 Å². The highest BCUT2D eigenvalue weighted by atomic mass is 32.1. The second kappa shape index (κ2) is 5.05. The first kappa shape index (κ1) is 12.2. The number of benzene rings is 1. The summed E-state index contributed by atoms with van der Waals surface area (Å²) in [5.41, 5.74) is 0. The van der Waals surface area contributed by atoms with Gasteiger partial charge in [0, 0.05) is 6.04 Å². The van der Waals surface area contributed by atoms with Gasteiger partial charge in [0.15, 0.2) is 10.6 Å². The van der Waals surface area contributed by atoms with E-state index in [-0.39, 0.29) is 0 Å². The van der Waals surface area contributed by atoms with Crippen molar-refractivity contribution in [3.63, 3.8) is 0 Å². The molecule has 1 saturated carbocycles. The smallest absolute Gasteiger partial charge is 0.195 e. The normalized spacial score (nSPS) is 14.4. The molecular weight excluding hydrogens is 262 g/mol. The van der Waals surface area contributed by atoms with Gasteiger partial charge < -0.3 is 9.47 Å². The number of hydrogen-bond acceptors (Lipinski definition) is 4. The van der Waals surface area contributed by atoms with Crippen molar-refractivity contribution in [1.29, 1.82) is 0 Å². The van der Waals surface area contributed by atoms with Crippen LogP contribution in [0.1, 0.15) is 24.7 Å². The van der Waals surface area contributed by atoms with Crippen LogP contribution in [-0.4, -0.2) is 21.9 Å². The van der Waals surface area contributed by atoms with Crippen LogP contribution in [0.25, 0.3) is 0 Å². The fourth-order valence-electron chi connectivity index (χ4n) is 1.97. The van der Waals surface area contributed by atoms with Gasteiger partial charge >= 0.3 is 0 Å². The molecule has 0 spiro atoms. The molecule has 1 aromatic heterocycles. The molecule has 1 heterocycles. The van der Waals surface area contributed by atoms with E-state index >= 15 is 0 Å². The summed E-state index contributed by atoms with van der Waals surface area (Å²) in [6.45, 7) is 0.413. The zero-order valence-corrected chi connectivity index (χ0v) is 11.4. The van der Waals surface area contributed by atoms with Crippen molar-refractivity contribution in [3.05, 3.63) is 34.9 Å². The Hall–Kier alpha value is -1.82. The molecule has 6 heteroatoms. The van der Waals surface area contributed by atoms with E-state index in [1.807, 2.05) is 24.3 Å². The summed E-state index contributed by atoms with van der Waals surface area (Å²) in [5.74, 6) is 2.45. The van der Waals surface area contributed by atoms with Crippen LogP contribution in [0.15, 0.2) is 24.3 Å². The van der Waals surface area contributed by atoms with E-state index in [9.17, 15) is 0 Å². The third-order valence-corrected chi connectivity index (χ3v) is 3.40. The lowest BCUT2D eigenvalue weighted by molar-refractivity contribution is 0.288. The Balaban J connectivity index is 1.70. The summed E-state index contributed by atoms with van der Waals surface area (Å²) in [7, 11) is 1.64. The quantitative estimate of drug-likeness (QED) is 0.854. The SMILES string of the molecule is COc1ccc(OCc2n[nH]c(=S)n2C2CC2)cc1. The highest BCUT2D eigenvalue weighted by Crippen LogP contribution is 2.35. The Morgan fingerprint density at radius 3 is 2.63 bits per heavy atom. The van der Waals surface area contributed by atoms with Crippen molar-refractivity contribution >= 4 is 12.2 Å². The zero-order valence-electron chi connectivity index (χ0n) is 10.6. The molecule has 3 rings (SSSR count). The largest absolute Gasteiger partial charge is 0.497 e. The van der Waals surface area contributed by atoms with Gasteiger partial charge in [0.1, 0.15) is 18.1 Å². The number of ether oxygens (including phenoxy) is 2. The maximum Gasteiger partial charge on any atom is 0.195 e. The average molecular weight is 277 g/mol. The molecule has 19 heavy (non-hydrogen) atoms. The number of nitrogens with zero attached hydrogens (tertiary/aromatic N) is 2. The maximum atomic E-state index is 5.72. The summed E-state index contributed by atoms with van der Waals surface area (Å²) >= 11 is 5.23. The summed E-state index contributed by atoms with van der Waals surface area (Å²) in [6, 6.07) is 7.99. The molecule has 1 aromatic carbocycles. The minimum Gasteiger partial charge on any atom is -0.497 e. The first-order valence-electron chi connectivity index (χ1n) is 6.20. The molecule has 1 aliphatic rings. The first-order valence-corrected chi connectivity index (χ1v) is 6.61. The minimum atomic E-state index is 0.413. The molecule has 1 N–H and O–H groups in total. The van der Waals surface area contributed by atoms with Crippen molar-refractivity contribution in [2.24, 2.45) is 0 Å². The van der Waals surface area contributed by atoms with Crippen LogP contribution in [-0.2, 0) is 6.61 Å². The van der Waals surface area contributed by atoms with Gasteiger partial charge in [-0.15, -0.1) is 0 Å². The Morgan fingerprint density at radius 2 is 2.00 bits per heavy atom. The summed E-state index contributed by atoms with van der Waals surface area (Å²) < 4.78 is 13.6. The van der Waals surface area contributed by atoms with Crippen molar-refractivity contribution in [2.45, 2.75) is 25.5 Å². The maximum absolute atomic E-state index is 5.72. The zero-order chi connectivity index (χ0) is 13.2. The molecule has 5 nitrogen and oxygen atoms in total. The Labute approximate surface area is 116 Å². The molecule has 1 aliphatic carbocycles. The Bertz CT molecular complexity index is 614. The molecule has 0 aliphatic heterocycles. The predicted octanol–water partition coefficient (Wildman–Crippen LogP) is 2.86. The van der Waals surface area contributed by atoms with Gasteiger partial charge in [-0.3, -0.25) is 9.67 Å². The predicted molar refractivity (Wildman–Crippen MR) is 73.0 cm³/mol. The van der Waals surface area contributed by atoms with E-state index in [0.717, 1.165) is 17.3 Å². The molecule has 0 atom stereocenters. The second-order valence-corrected chi connectivity index (χ2v) is 4.90. The van der Waals surface area contributed by atoms with Crippen molar-refractivity contribution in [1.82, 2.24) is 14.8 Å². The van der Waals surface area contributed by atoms with E-state index in [1.54, 1.807) is 7.11 Å². The van der Waals surface area contributed by atoms with Crippen LogP contribution in [0.5, 0.6) is 11.5 Å². The molecular formula is C13H15N3O2S. The van der Waals surface area contributed by atoms with Crippen LogP contribution in [0, 0.1) is 4.77 Å². The van der Waals surface area contributed by atoms with Crippen LogP contribution >= 0.6 is 12.2 Å². The van der Waals surface area contributed by atoms with E-state index < -0.39 is 0 Å². The van der Waals surface area contributed by atoms with Gasteiger partial charge in [0.2, 0.25) is 0 Å². The van der Waals surface area contributed by atoms with E-state index in [4.69, 9.17) is 21.7 Å². The molecule has 0 amide bonds. The highest BCUT2D eigenvalue weighted by molar-refractivity contribution is 7.71. The number of aromatic nitrogens is 3. The van der Waals surface area contributed by atoms with Gasteiger partial charge in [-0.05, 0) is 49.3 Å². The monoisotopic (exact) mass is 277 g/mol. The lowest BCUT2D eigenvalue weighted by Crippen LogP contribution is -2.06. The molecule has 2 aromatic rings. The average Bonchev–Trinajstić information content (AvgIpc) is 3.21. The van der Waals surface area contributed by atoms with E-state index in [1.165, 1.54) is 12.8 Å². The van der Waals surface area contributed by atoms with Gasteiger partial charge in [-0.25, -0.2) is 0 Å². The van der Waals surface area contributed by atoms with Crippen molar-refractivity contribution < 1.29 is 9.47 Å². The molecule has 0 bridgehead atoms. The lowest BCUT2D eigenvalue weighted by Gasteiger charge is -2.08. The number of aromatic amines is 1. The standard InChI is InChI=1S/C13H15N3O2S/c1-17-10-4-6-11(7-5-10)18-8-12-14-15-13(19)16(12)9-2-3-9/h4-7,9H,2-3,8H2,1H3,(H,15,19). The third kappa shape index (κ3) is 2.63. The van der Waals surface area contributed by atoms with Crippen LogP contribution in [0.2, 0.25) is 0 Å². The molecule has 0 unspecified atom stereocenters. The third-order valence-electron chi connectivity index (χ3n) is 3.12. The fourth-order valence-corrected chi connectivity index (χ4v) is 2.27. The fraction of sp³-hybridized carbons (Fsp3) is 0.385. The van der Waals surface area contributed by atoms with E-state index in [0.29, 0.717) is 17.4 Å². The minimum absolute atomic E-state index is 0.413. The second-order valence-electron chi connectivity index (χ2n) is 4.51. The van der Waals surface area contributed by atoms with Crippen LogP contribution in [0.3, 0.4) is 0 Å². The first-order chi connectivity index (χ1) is 9.28. The van der Waals surface area contributed by atoms with Crippen molar-refractivity contribution in [3.8, 4) is 11.5 Å². The van der Waals surface area contributed by atoms with Gasteiger partial charge in [-0.1, -0.05) is 0 Å². The lowest BCUT2D eigenvalue weighted by atomic mass is 10.3. The van der Waals surface area contributed by atoms with E-state index in [2.05, 4.69) is 14.8 Å². The molecule has 1 fully saturated rings. The van der Waals surface area contributed by atoms with Gasteiger partial charge in [0.05, 0.1) is 7.11 Å². The number of hydrogen-bond donors (Lipinski definition) is 1. The molecule has 0 radical (unpaired) electrons. The van der Waals surface area contributed by atoms with Gasteiger partial charge in [-0.2, -0.15) is 5.10 Å². The molecule has 0 saturated heterocycles. The summed E-state index contributed by atoms with van der Waals surface area (Å²) in [5, 5.41) is 7.05. The summed E-state index contributed by atoms with van der Waals surface area (Å²) in [6.07, 6.45) is 2.34. The Kier molecular flexibility index (Phi) is 3.25. The number of methoxy groups -OCH3 is 1. The van der Waals surface area contributed by atoms with Crippen LogP contribution in [0.4, 0.5) is 0 Å². The van der Waals surface area contributed by atoms with Crippen molar-refractivity contribution in [2.75, 3.05) is 7.11 Å².